The Morgan fingerprint density at radius 1 is 1.10 bits per heavy atom. The van der Waals surface area contributed by atoms with Gasteiger partial charge in [-0.05, 0) is 37.5 Å². The molecule has 1 saturated heterocycles. The summed E-state index contributed by atoms with van der Waals surface area (Å²) >= 11 is 0. The van der Waals surface area contributed by atoms with E-state index in [9.17, 15) is 9.18 Å². The quantitative estimate of drug-likeness (QED) is 0.612. The van der Waals surface area contributed by atoms with E-state index in [1.54, 1.807) is 17.2 Å². The minimum absolute atomic E-state index is 0.246. The van der Waals surface area contributed by atoms with E-state index >= 15 is 0 Å². The van der Waals surface area contributed by atoms with Crippen LogP contribution in [0.1, 0.15) is 29.8 Å². The van der Waals surface area contributed by atoms with E-state index in [-0.39, 0.29) is 17.6 Å². The van der Waals surface area contributed by atoms with Crippen LogP contribution in [0, 0.1) is 5.82 Å². The molecule has 8 nitrogen and oxygen atoms in total. The monoisotopic (exact) mass is 396 g/mol. The normalized spacial score (nSPS) is 17.4. The Bertz CT molecular complexity index is 1040. The topological polar surface area (TPSA) is 76.4 Å². The molecule has 1 aliphatic carbocycles. The average Bonchev–Trinajstić information content (AvgIpc) is 3.09. The van der Waals surface area contributed by atoms with Gasteiger partial charge in [-0.25, -0.2) is 14.4 Å². The maximum absolute atomic E-state index is 13.6. The zero-order chi connectivity index (χ0) is 19.8. The molecule has 150 valence electrons. The van der Waals surface area contributed by atoms with Crippen molar-refractivity contribution >= 4 is 23.0 Å². The molecule has 1 saturated carbocycles. The number of carbonyl (C=O) groups excluding carboxylic acids is 1. The molecule has 0 atom stereocenters. The number of fused-ring (bicyclic) bond motifs is 1. The van der Waals surface area contributed by atoms with Crippen LogP contribution in [-0.4, -0.2) is 58.4 Å². The number of hydrogen-bond acceptors (Lipinski definition) is 7. The fourth-order valence-corrected chi connectivity index (χ4v) is 3.74. The zero-order valence-electron chi connectivity index (χ0n) is 15.9. The molecule has 0 N–H and O–H groups in total. The molecule has 5 rings (SSSR count). The van der Waals surface area contributed by atoms with Crippen LogP contribution in [0.15, 0.2) is 30.6 Å². The molecule has 2 aliphatic rings. The summed E-state index contributed by atoms with van der Waals surface area (Å²) in [5, 5.41) is 6.95. The molecule has 2 aromatic heterocycles. The number of hydrogen-bond donors (Lipinski definition) is 0. The van der Waals surface area contributed by atoms with Crippen molar-refractivity contribution < 1.29 is 13.9 Å². The summed E-state index contributed by atoms with van der Waals surface area (Å²) < 4.78 is 19.5. The van der Waals surface area contributed by atoms with Gasteiger partial charge in [0.1, 0.15) is 29.8 Å². The van der Waals surface area contributed by atoms with Crippen molar-refractivity contribution in [2.45, 2.75) is 25.4 Å². The Morgan fingerprint density at radius 2 is 1.93 bits per heavy atom. The van der Waals surface area contributed by atoms with Gasteiger partial charge in [0.2, 0.25) is 5.88 Å². The number of nitrogens with zero attached hydrogens (tertiary/aromatic N) is 6. The molecule has 1 aromatic carbocycles. The highest BCUT2D eigenvalue weighted by Crippen LogP contribution is 2.26. The fraction of sp³-hybridized carbons (Fsp3) is 0.400. The first kappa shape index (κ1) is 17.8. The molecule has 29 heavy (non-hydrogen) atoms. The number of rotatable bonds is 5. The third-order valence-corrected chi connectivity index (χ3v) is 5.58. The van der Waals surface area contributed by atoms with E-state index in [0.717, 1.165) is 37.3 Å². The van der Waals surface area contributed by atoms with Gasteiger partial charge >= 0.3 is 0 Å². The molecule has 3 aromatic rings. The van der Waals surface area contributed by atoms with E-state index in [4.69, 9.17) is 4.74 Å². The van der Waals surface area contributed by atoms with Gasteiger partial charge in [0, 0.05) is 24.5 Å². The number of benzene rings is 1. The number of carbonyl (C=O) groups is 1. The summed E-state index contributed by atoms with van der Waals surface area (Å²) in [5.41, 5.74) is 0.968. The summed E-state index contributed by atoms with van der Waals surface area (Å²) in [6.45, 7) is 2.85. The van der Waals surface area contributed by atoms with Gasteiger partial charge in [-0.3, -0.25) is 9.80 Å². The van der Waals surface area contributed by atoms with Crippen LogP contribution >= 0.6 is 0 Å². The number of piperazine rings is 1. The Kier molecular flexibility index (Phi) is 4.49. The predicted molar refractivity (Wildman–Crippen MR) is 106 cm³/mol. The van der Waals surface area contributed by atoms with Crippen molar-refractivity contribution in [1.82, 2.24) is 19.9 Å². The lowest BCUT2D eigenvalue weighted by Crippen LogP contribution is -2.51. The van der Waals surface area contributed by atoms with Crippen LogP contribution in [0.3, 0.4) is 0 Å². The van der Waals surface area contributed by atoms with Crippen LogP contribution in [-0.2, 0) is 0 Å². The molecule has 0 spiro atoms. The van der Waals surface area contributed by atoms with E-state index in [2.05, 4.69) is 25.0 Å². The number of aldehydes is 1. The maximum Gasteiger partial charge on any atom is 0.218 e. The first-order valence-electron chi connectivity index (χ1n) is 9.83. The zero-order valence-corrected chi connectivity index (χ0v) is 15.9. The van der Waals surface area contributed by atoms with Crippen molar-refractivity contribution in [3.8, 4) is 5.88 Å². The van der Waals surface area contributed by atoms with Gasteiger partial charge in [-0.2, -0.15) is 4.79 Å². The second kappa shape index (κ2) is 7.31. The fourth-order valence-electron chi connectivity index (χ4n) is 3.74. The predicted octanol–water partition coefficient (Wildman–Crippen LogP) is 2.17. The average molecular weight is 396 g/mol. The van der Waals surface area contributed by atoms with Crippen LogP contribution in [0.25, 0.3) is 10.9 Å². The third-order valence-electron chi connectivity index (χ3n) is 5.58. The van der Waals surface area contributed by atoms with Gasteiger partial charge in [-0.1, -0.05) is 0 Å². The van der Waals surface area contributed by atoms with Crippen molar-refractivity contribution in [2.24, 2.45) is 0 Å². The van der Waals surface area contributed by atoms with Gasteiger partial charge in [0.15, 0.2) is 6.29 Å². The van der Waals surface area contributed by atoms with E-state index in [1.807, 2.05) is 6.07 Å². The highest BCUT2D eigenvalue weighted by atomic mass is 19.1. The van der Waals surface area contributed by atoms with Gasteiger partial charge in [0.25, 0.3) is 0 Å². The SMILES string of the molecule is O=Cc1nn(N2CCN(c3cc(OC4CCC4)ncn3)CC2)c2ccc(F)cc12. The Labute approximate surface area is 166 Å². The Balaban J connectivity index is 1.31. The first-order chi connectivity index (χ1) is 14.2. The van der Waals surface area contributed by atoms with Crippen LogP contribution in [0.4, 0.5) is 10.2 Å². The lowest BCUT2D eigenvalue weighted by atomic mass is 9.96. The number of anilines is 1. The van der Waals surface area contributed by atoms with Crippen LogP contribution in [0.2, 0.25) is 0 Å². The van der Waals surface area contributed by atoms with Crippen LogP contribution in [0.5, 0.6) is 5.88 Å². The molecular weight excluding hydrogens is 375 g/mol. The van der Waals surface area contributed by atoms with Gasteiger partial charge < -0.3 is 9.64 Å². The molecule has 0 bridgehead atoms. The van der Waals surface area contributed by atoms with E-state index in [1.165, 1.54) is 18.6 Å². The Hall–Kier alpha value is -3.23. The highest BCUT2D eigenvalue weighted by Gasteiger charge is 2.23. The molecule has 1 aliphatic heterocycles. The highest BCUT2D eigenvalue weighted by molar-refractivity contribution is 5.95. The summed E-state index contributed by atoms with van der Waals surface area (Å²) in [6.07, 6.45) is 5.87. The smallest absolute Gasteiger partial charge is 0.218 e. The van der Waals surface area contributed by atoms with Crippen molar-refractivity contribution in [2.75, 3.05) is 36.1 Å². The van der Waals surface area contributed by atoms with Gasteiger partial charge in [0.05, 0.1) is 18.6 Å². The third kappa shape index (κ3) is 3.37. The molecule has 0 radical (unpaired) electrons. The summed E-state index contributed by atoms with van der Waals surface area (Å²) in [5.74, 6) is 1.08. The molecule has 2 fully saturated rings. The number of aromatic nitrogens is 4. The van der Waals surface area contributed by atoms with Crippen LogP contribution < -0.4 is 14.6 Å². The summed E-state index contributed by atoms with van der Waals surface area (Å²) in [6, 6.07) is 6.29. The molecule has 9 heteroatoms. The van der Waals surface area contributed by atoms with E-state index < -0.39 is 0 Å². The van der Waals surface area contributed by atoms with Crippen molar-refractivity contribution in [1.29, 1.82) is 0 Å². The number of ether oxygens (including phenoxy) is 1. The van der Waals surface area contributed by atoms with E-state index in [0.29, 0.717) is 30.6 Å². The first-order valence-corrected chi connectivity index (χ1v) is 9.83. The number of halogens is 1. The molecular formula is C20H21FN6O2. The molecule has 0 amide bonds. The largest absolute Gasteiger partial charge is 0.474 e. The van der Waals surface area contributed by atoms with Crippen molar-refractivity contribution in [3.63, 3.8) is 0 Å². The second-order valence-corrected chi connectivity index (χ2v) is 7.38. The van der Waals surface area contributed by atoms with Gasteiger partial charge in [-0.15, -0.1) is 5.10 Å². The summed E-state index contributed by atoms with van der Waals surface area (Å²) in [7, 11) is 0. The minimum Gasteiger partial charge on any atom is -0.474 e. The lowest BCUT2D eigenvalue weighted by molar-refractivity contribution is 0.111. The standard InChI is InChI=1S/C20H21FN6O2/c21-14-4-5-18-16(10-14)17(12-28)24-27(18)26-8-6-25(7-9-26)19-11-20(23-13-22-19)29-15-2-1-3-15/h4-5,10-13,15H,1-3,6-9H2. The lowest BCUT2D eigenvalue weighted by Gasteiger charge is -2.36. The Morgan fingerprint density at radius 3 is 2.66 bits per heavy atom. The summed E-state index contributed by atoms with van der Waals surface area (Å²) in [4.78, 5) is 23.9. The van der Waals surface area contributed by atoms with Crippen molar-refractivity contribution in [3.05, 3.63) is 42.1 Å². The molecule has 0 unspecified atom stereocenters. The molecule has 3 heterocycles. The minimum atomic E-state index is -0.381. The second-order valence-electron chi connectivity index (χ2n) is 7.38. The maximum atomic E-state index is 13.6.